The fourth-order valence-electron chi connectivity index (χ4n) is 4.05. The van der Waals surface area contributed by atoms with Crippen LogP contribution in [0.15, 0.2) is 0 Å². The van der Waals surface area contributed by atoms with E-state index in [1.807, 2.05) is 11.3 Å². The van der Waals surface area contributed by atoms with E-state index in [4.69, 9.17) is 19.4 Å². The molecule has 2 aliphatic rings. The molecule has 0 aromatic carbocycles. The van der Waals surface area contributed by atoms with E-state index in [9.17, 15) is 0 Å². The predicted octanol–water partition coefficient (Wildman–Crippen LogP) is 3.10. The SMILES string of the molecule is COC[C@H](C)Nc1nc(CN2CCOCC2)nc2sc3c(c12)CC[C@H](C)C3. The van der Waals surface area contributed by atoms with Crippen molar-refractivity contribution in [2.75, 3.05) is 45.3 Å². The summed E-state index contributed by atoms with van der Waals surface area (Å²) in [6.45, 7) is 9.42. The van der Waals surface area contributed by atoms with Crippen LogP contribution in [0.5, 0.6) is 0 Å². The minimum atomic E-state index is 0.211. The molecule has 0 saturated carbocycles. The summed E-state index contributed by atoms with van der Waals surface area (Å²) in [4.78, 5) is 14.9. The van der Waals surface area contributed by atoms with Crippen molar-refractivity contribution < 1.29 is 9.47 Å². The van der Waals surface area contributed by atoms with Gasteiger partial charge in [-0.25, -0.2) is 9.97 Å². The standard InChI is InChI=1S/C20H30N4O2S/c1-13-4-5-15-16(10-13)27-20-18(15)19(21-14(2)12-25-3)22-17(23-20)11-24-6-8-26-9-7-24/h13-14H,4-12H2,1-3H3,(H,21,22,23)/t13-,14-/m0/s1. The molecule has 0 unspecified atom stereocenters. The van der Waals surface area contributed by atoms with Crippen LogP contribution in [-0.4, -0.2) is 60.9 Å². The van der Waals surface area contributed by atoms with Gasteiger partial charge in [0.2, 0.25) is 0 Å². The molecule has 2 aromatic heterocycles. The third kappa shape index (κ3) is 4.26. The monoisotopic (exact) mass is 390 g/mol. The van der Waals surface area contributed by atoms with Crippen molar-refractivity contribution in [2.45, 2.75) is 45.7 Å². The van der Waals surface area contributed by atoms with Crippen LogP contribution in [0, 0.1) is 5.92 Å². The summed E-state index contributed by atoms with van der Waals surface area (Å²) in [6.07, 6.45) is 3.56. The number of nitrogens with zero attached hydrogens (tertiary/aromatic N) is 3. The zero-order valence-corrected chi connectivity index (χ0v) is 17.4. The van der Waals surface area contributed by atoms with Gasteiger partial charge in [0, 0.05) is 31.1 Å². The molecule has 4 rings (SSSR count). The van der Waals surface area contributed by atoms with Crippen LogP contribution < -0.4 is 5.32 Å². The molecule has 0 spiro atoms. The van der Waals surface area contributed by atoms with Crippen LogP contribution in [0.3, 0.4) is 0 Å². The van der Waals surface area contributed by atoms with Gasteiger partial charge in [0.25, 0.3) is 0 Å². The van der Waals surface area contributed by atoms with Crippen molar-refractivity contribution in [3.05, 3.63) is 16.3 Å². The summed E-state index contributed by atoms with van der Waals surface area (Å²) in [6, 6.07) is 0.211. The minimum absolute atomic E-state index is 0.211. The number of ether oxygens (including phenoxy) is 2. The molecule has 1 saturated heterocycles. The molecule has 6 nitrogen and oxygen atoms in total. The molecule has 1 N–H and O–H groups in total. The lowest BCUT2D eigenvalue weighted by atomic mass is 9.89. The maximum absolute atomic E-state index is 5.47. The molecule has 0 bridgehead atoms. The lowest BCUT2D eigenvalue weighted by Gasteiger charge is -2.26. The minimum Gasteiger partial charge on any atom is -0.383 e. The third-order valence-electron chi connectivity index (χ3n) is 5.47. The van der Waals surface area contributed by atoms with Crippen molar-refractivity contribution in [2.24, 2.45) is 5.92 Å². The largest absolute Gasteiger partial charge is 0.383 e. The van der Waals surface area contributed by atoms with Crippen LogP contribution in [0.1, 0.15) is 36.5 Å². The summed E-state index contributed by atoms with van der Waals surface area (Å²) in [5.74, 6) is 2.65. The first kappa shape index (κ1) is 19.1. The van der Waals surface area contributed by atoms with E-state index < -0.39 is 0 Å². The number of methoxy groups -OCH3 is 1. The van der Waals surface area contributed by atoms with Crippen molar-refractivity contribution in [3.63, 3.8) is 0 Å². The molecule has 0 radical (unpaired) electrons. The first-order chi connectivity index (χ1) is 13.1. The van der Waals surface area contributed by atoms with Crippen LogP contribution in [0.25, 0.3) is 10.2 Å². The Morgan fingerprint density at radius 1 is 1.33 bits per heavy atom. The molecule has 27 heavy (non-hydrogen) atoms. The molecule has 1 aliphatic heterocycles. The fraction of sp³-hybridized carbons (Fsp3) is 0.700. The van der Waals surface area contributed by atoms with Crippen molar-refractivity contribution in [3.8, 4) is 0 Å². The van der Waals surface area contributed by atoms with Gasteiger partial charge in [-0.15, -0.1) is 11.3 Å². The fourth-order valence-corrected chi connectivity index (χ4v) is 5.45. The number of nitrogens with one attached hydrogen (secondary N) is 1. The lowest BCUT2D eigenvalue weighted by Crippen LogP contribution is -2.36. The zero-order valence-electron chi connectivity index (χ0n) is 16.6. The van der Waals surface area contributed by atoms with Gasteiger partial charge in [0.1, 0.15) is 16.5 Å². The van der Waals surface area contributed by atoms with Crippen LogP contribution >= 0.6 is 11.3 Å². The van der Waals surface area contributed by atoms with E-state index in [0.717, 1.165) is 61.7 Å². The number of morpholine rings is 1. The molecule has 0 amide bonds. The van der Waals surface area contributed by atoms with E-state index in [1.54, 1.807) is 7.11 Å². The molecular formula is C20H30N4O2S. The topological polar surface area (TPSA) is 59.5 Å². The van der Waals surface area contributed by atoms with Gasteiger partial charge in [0.05, 0.1) is 31.8 Å². The van der Waals surface area contributed by atoms with Gasteiger partial charge in [-0.3, -0.25) is 4.90 Å². The maximum atomic E-state index is 5.47. The molecule has 1 fully saturated rings. The van der Waals surface area contributed by atoms with Gasteiger partial charge < -0.3 is 14.8 Å². The number of anilines is 1. The number of aryl methyl sites for hydroxylation is 1. The first-order valence-corrected chi connectivity index (χ1v) is 10.8. The number of aromatic nitrogens is 2. The van der Waals surface area contributed by atoms with E-state index in [2.05, 4.69) is 24.1 Å². The van der Waals surface area contributed by atoms with E-state index in [1.165, 1.54) is 28.7 Å². The Morgan fingerprint density at radius 2 is 2.15 bits per heavy atom. The summed E-state index contributed by atoms with van der Waals surface area (Å²) in [7, 11) is 1.74. The van der Waals surface area contributed by atoms with Crippen LogP contribution in [0.4, 0.5) is 5.82 Å². The van der Waals surface area contributed by atoms with Crippen molar-refractivity contribution >= 4 is 27.4 Å². The number of thiophene rings is 1. The number of hydrogen-bond acceptors (Lipinski definition) is 7. The number of rotatable bonds is 6. The average molecular weight is 391 g/mol. The van der Waals surface area contributed by atoms with E-state index in [-0.39, 0.29) is 6.04 Å². The van der Waals surface area contributed by atoms with Crippen molar-refractivity contribution in [1.29, 1.82) is 0 Å². The normalized spacial score (nSPS) is 22.0. The van der Waals surface area contributed by atoms with Crippen LogP contribution in [0.2, 0.25) is 0 Å². The second-order valence-corrected chi connectivity index (χ2v) is 8.99. The average Bonchev–Trinajstić information content (AvgIpc) is 3.00. The smallest absolute Gasteiger partial charge is 0.146 e. The molecule has 148 valence electrons. The Bertz CT molecular complexity index is 788. The zero-order chi connectivity index (χ0) is 18.8. The van der Waals surface area contributed by atoms with Crippen LogP contribution in [-0.2, 0) is 28.9 Å². The van der Waals surface area contributed by atoms with Gasteiger partial charge in [-0.1, -0.05) is 6.92 Å². The second kappa shape index (κ2) is 8.39. The number of hydrogen-bond donors (Lipinski definition) is 1. The molecule has 2 aromatic rings. The highest BCUT2D eigenvalue weighted by Crippen LogP contribution is 2.40. The molecule has 2 atom stereocenters. The van der Waals surface area contributed by atoms with Gasteiger partial charge in [0.15, 0.2) is 0 Å². The molecule has 3 heterocycles. The first-order valence-electron chi connectivity index (χ1n) is 10.0. The van der Waals surface area contributed by atoms with Gasteiger partial charge >= 0.3 is 0 Å². The van der Waals surface area contributed by atoms with Gasteiger partial charge in [-0.2, -0.15) is 0 Å². The Labute approximate surface area is 165 Å². The Kier molecular flexibility index (Phi) is 5.92. The quantitative estimate of drug-likeness (QED) is 0.818. The lowest BCUT2D eigenvalue weighted by molar-refractivity contribution is 0.0331. The summed E-state index contributed by atoms with van der Waals surface area (Å²) in [5, 5.41) is 4.84. The second-order valence-electron chi connectivity index (χ2n) is 7.91. The number of fused-ring (bicyclic) bond motifs is 3. The molecule has 7 heteroatoms. The predicted molar refractivity (Wildman–Crippen MR) is 110 cm³/mol. The summed E-state index contributed by atoms with van der Waals surface area (Å²) >= 11 is 1.87. The highest BCUT2D eigenvalue weighted by atomic mass is 32.1. The Balaban J connectivity index is 1.70. The highest BCUT2D eigenvalue weighted by Gasteiger charge is 2.25. The Hall–Kier alpha value is -1.28. The van der Waals surface area contributed by atoms with E-state index in [0.29, 0.717) is 6.61 Å². The molecule has 1 aliphatic carbocycles. The molecular weight excluding hydrogens is 360 g/mol. The summed E-state index contributed by atoms with van der Waals surface area (Å²) < 4.78 is 10.8. The van der Waals surface area contributed by atoms with E-state index >= 15 is 0 Å². The highest BCUT2D eigenvalue weighted by molar-refractivity contribution is 7.19. The maximum Gasteiger partial charge on any atom is 0.146 e. The summed E-state index contributed by atoms with van der Waals surface area (Å²) in [5.41, 5.74) is 1.47. The Morgan fingerprint density at radius 3 is 2.93 bits per heavy atom. The van der Waals surface area contributed by atoms with Gasteiger partial charge in [-0.05, 0) is 37.7 Å². The van der Waals surface area contributed by atoms with Crippen molar-refractivity contribution in [1.82, 2.24) is 14.9 Å². The third-order valence-corrected chi connectivity index (χ3v) is 6.62.